The average Bonchev–Trinajstić information content (AvgIpc) is 2.40. The smallest absolute Gasteiger partial charge is 0.259 e. The number of nitrogens with one attached hydrogen (secondary N) is 1. The molecule has 5 nitrogen and oxygen atoms in total. The minimum atomic E-state index is 0.00282. The Labute approximate surface area is 101 Å². The van der Waals surface area contributed by atoms with Gasteiger partial charge in [-0.2, -0.15) is 0 Å². The Balaban J connectivity index is 2.17. The van der Waals surface area contributed by atoms with E-state index in [0.29, 0.717) is 17.9 Å². The van der Waals surface area contributed by atoms with Crippen molar-refractivity contribution in [1.29, 1.82) is 0 Å². The molecule has 0 unspecified atom stereocenters. The van der Waals surface area contributed by atoms with E-state index in [4.69, 9.17) is 4.74 Å². The Morgan fingerprint density at radius 1 is 1.53 bits per heavy atom. The lowest BCUT2D eigenvalue weighted by molar-refractivity contribution is 0.0731. The number of nitrogens with zero attached hydrogens (tertiary/aromatic N) is 2. The van der Waals surface area contributed by atoms with Crippen molar-refractivity contribution >= 4 is 5.91 Å². The van der Waals surface area contributed by atoms with Crippen molar-refractivity contribution in [3.8, 4) is 5.75 Å². The van der Waals surface area contributed by atoms with Crippen molar-refractivity contribution in [2.45, 2.75) is 6.92 Å². The monoisotopic (exact) mass is 235 g/mol. The molecule has 5 heteroatoms. The van der Waals surface area contributed by atoms with Gasteiger partial charge in [-0.15, -0.1) is 0 Å². The van der Waals surface area contributed by atoms with Crippen LogP contribution in [0.15, 0.2) is 18.5 Å². The molecule has 0 aliphatic carbocycles. The second kappa shape index (κ2) is 5.63. The third-order valence-electron chi connectivity index (χ3n) is 2.72. The van der Waals surface area contributed by atoms with Crippen LogP contribution in [0.5, 0.6) is 5.75 Å². The average molecular weight is 235 g/mol. The summed E-state index contributed by atoms with van der Waals surface area (Å²) in [4.78, 5) is 18.1. The highest BCUT2D eigenvalue weighted by atomic mass is 16.5. The topological polar surface area (TPSA) is 54.5 Å². The van der Waals surface area contributed by atoms with E-state index in [9.17, 15) is 4.79 Å². The number of amides is 1. The number of aromatic nitrogens is 1. The first-order chi connectivity index (χ1) is 8.33. The molecule has 1 fully saturated rings. The van der Waals surface area contributed by atoms with Gasteiger partial charge in [-0.3, -0.25) is 9.78 Å². The Hall–Kier alpha value is -1.62. The van der Waals surface area contributed by atoms with Gasteiger partial charge in [-0.05, 0) is 13.0 Å². The highest BCUT2D eigenvalue weighted by molar-refractivity contribution is 5.96. The molecule has 0 bridgehead atoms. The predicted molar refractivity (Wildman–Crippen MR) is 64.2 cm³/mol. The summed E-state index contributed by atoms with van der Waals surface area (Å²) >= 11 is 0. The summed E-state index contributed by atoms with van der Waals surface area (Å²) in [7, 11) is 0. The fraction of sp³-hybridized carbons (Fsp3) is 0.500. The zero-order valence-corrected chi connectivity index (χ0v) is 9.98. The number of rotatable bonds is 3. The van der Waals surface area contributed by atoms with E-state index in [1.807, 2.05) is 11.8 Å². The maximum Gasteiger partial charge on any atom is 0.259 e. The van der Waals surface area contributed by atoms with Gasteiger partial charge in [0.05, 0.1) is 12.2 Å². The number of pyridine rings is 1. The predicted octanol–water partition coefficient (Wildman–Crippen LogP) is 0.526. The number of hydrogen-bond donors (Lipinski definition) is 1. The van der Waals surface area contributed by atoms with E-state index in [2.05, 4.69) is 10.3 Å². The maximum absolute atomic E-state index is 12.3. The van der Waals surface area contributed by atoms with Gasteiger partial charge < -0.3 is 15.0 Å². The molecular weight excluding hydrogens is 218 g/mol. The SMILES string of the molecule is CCOc1ccncc1C(=O)N1CCNCC1. The molecule has 0 atom stereocenters. The molecule has 0 spiro atoms. The lowest BCUT2D eigenvalue weighted by atomic mass is 10.2. The summed E-state index contributed by atoms with van der Waals surface area (Å²) < 4.78 is 5.45. The summed E-state index contributed by atoms with van der Waals surface area (Å²) in [5, 5.41) is 3.22. The zero-order valence-electron chi connectivity index (χ0n) is 9.98. The van der Waals surface area contributed by atoms with Gasteiger partial charge in [0.25, 0.3) is 5.91 Å². The molecule has 1 aliphatic heterocycles. The number of ether oxygens (including phenoxy) is 1. The van der Waals surface area contributed by atoms with Gasteiger partial charge in [0.1, 0.15) is 5.75 Å². The van der Waals surface area contributed by atoms with Gasteiger partial charge in [-0.25, -0.2) is 0 Å². The molecule has 1 amide bonds. The van der Waals surface area contributed by atoms with Crippen LogP contribution in [0.4, 0.5) is 0 Å². The second-order valence-corrected chi connectivity index (χ2v) is 3.85. The molecule has 1 aromatic heterocycles. The van der Waals surface area contributed by atoms with E-state index in [-0.39, 0.29) is 5.91 Å². The number of carbonyl (C=O) groups is 1. The van der Waals surface area contributed by atoms with Crippen LogP contribution in [-0.4, -0.2) is 48.6 Å². The molecule has 0 saturated carbocycles. The van der Waals surface area contributed by atoms with Crippen molar-refractivity contribution in [2.24, 2.45) is 0 Å². The molecule has 1 aliphatic rings. The Morgan fingerprint density at radius 3 is 3.00 bits per heavy atom. The first-order valence-corrected chi connectivity index (χ1v) is 5.89. The molecular formula is C12H17N3O2. The third-order valence-corrected chi connectivity index (χ3v) is 2.72. The van der Waals surface area contributed by atoms with Gasteiger partial charge in [0, 0.05) is 38.6 Å². The quantitative estimate of drug-likeness (QED) is 0.830. The van der Waals surface area contributed by atoms with E-state index in [1.165, 1.54) is 0 Å². The Kier molecular flexibility index (Phi) is 3.93. The number of piperazine rings is 1. The molecule has 17 heavy (non-hydrogen) atoms. The summed E-state index contributed by atoms with van der Waals surface area (Å²) in [5.41, 5.74) is 0.552. The van der Waals surface area contributed by atoms with Crippen molar-refractivity contribution < 1.29 is 9.53 Å². The minimum absolute atomic E-state index is 0.00282. The van der Waals surface area contributed by atoms with Gasteiger partial charge in [0.2, 0.25) is 0 Å². The first-order valence-electron chi connectivity index (χ1n) is 5.89. The lowest BCUT2D eigenvalue weighted by Crippen LogP contribution is -2.46. The van der Waals surface area contributed by atoms with E-state index in [1.54, 1.807) is 18.5 Å². The number of hydrogen-bond acceptors (Lipinski definition) is 4. The highest BCUT2D eigenvalue weighted by Crippen LogP contribution is 2.18. The highest BCUT2D eigenvalue weighted by Gasteiger charge is 2.21. The van der Waals surface area contributed by atoms with Crippen molar-refractivity contribution in [2.75, 3.05) is 32.8 Å². The van der Waals surface area contributed by atoms with E-state index >= 15 is 0 Å². The van der Waals surface area contributed by atoms with Crippen LogP contribution in [0, 0.1) is 0 Å². The second-order valence-electron chi connectivity index (χ2n) is 3.85. The van der Waals surface area contributed by atoms with Crippen molar-refractivity contribution in [3.05, 3.63) is 24.0 Å². The molecule has 0 aromatic carbocycles. The molecule has 1 aromatic rings. The lowest BCUT2D eigenvalue weighted by Gasteiger charge is -2.27. The molecule has 2 rings (SSSR count). The third kappa shape index (κ3) is 2.74. The fourth-order valence-corrected chi connectivity index (χ4v) is 1.86. The maximum atomic E-state index is 12.3. The van der Waals surface area contributed by atoms with Crippen LogP contribution in [0.25, 0.3) is 0 Å². The van der Waals surface area contributed by atoms with Crippen LogP contribution in [-0.2, 0) is 0 Å². The van der Waals surface area contributed by atoms with Crippen molar-refractivity contribution in [3.63, 3.8) is 0 Å². The van der Waals surface area contributed by atoms with E-state index in [0.717, 1.165) is 26.2 Å². The molecule has 92 valence electrons. The minimum Gasteiger partial charge on any atom is -0.493 e. The van der Waals surface area contributed by atoms with Crippen LogP contribution in [0.1, 0.15) is 17.3 Å². The summed E-state index contributed by atoms with van der Waals surface area (Å²) in [6.45, 7) is 5.61. The summed E-state index contributed by atoms with van der Waals surface area (Å²) in [6, 6.07) is 1.74. The molecule has 0 radical (unpaired) electrons. The molecule has 1 N–H and O–H groups in total. The van der Waals surface area contributed by atoms with Crippen LogP contribution in [0.2, 0.25) is 0 Å². The molecule has 1 saturated heterocycles. The zero-order chi connectivity index (χ0) is 12.1. The molecule has 2 heterocycles. The Bertz CT molecular complexity index is 389. The standard InChI is InChI=1S/C12H17N3O2/c1-2-17-11-3-4-14-9-10(11)12(16)15-7-5-13-6-8-15/h3-4,9,13H,2,5-8H2,1H3. The van der Waals surface area contributed by atoms with Gasteiger partial charge in [0.15, 0.2) is 0 Å². The number of carbonyl (C=O) groups excluding carboxylic acids is 1. The van der Waals surface area contributed by atoms with Crippen LogP contribution < -0.4 is 10.1 Å². The Morgan fingerprint density at radius 2 is 2.29 bits per heavy atom. The van der Waals surface area contributed by atoms with Gasteiger partial charge in [-0.1, -0.05) is 0 Å². The summed E-state index contributed by atoms with van der Waals surface area (Å²) in [5.74, 6) is 0.620. The van der Waals surface area contributed by atoms with Crippen molar-refractivity contribution in [1.82, 2.24) is 15.2 Å². The van der Waals surface area contributed by atoms with Crippen LogP contribution >= 0.6 is 0 Å². The summed E-state index contributed by atoms with van der Waals surface area (Å²) in [6.07, 6.45) is 3.22. The van der Waals surface area contributed by atoms with Crippen LogP contribution in [0.3, 0.4) is 0 Å². The first kappa shape index (κ1) is 11.9. The fourth-order valence-electron chi connectivity index (χ4n) is 1.86. The normalized spacial score (nSPS) is 15.7. The van der Waals surface area contributed by atoms with Gasteiger partial charge >= 0.3 is 0 Å². The largest absolute Gasteiger partial charge is 0.493 e. The van der Waals surface area contributed by atoms with E-state index < -0.39 is 0 Å².